The molecule has 18 rings (SSSR count). The molecule has 0 fully saturated rings. The van der Waals surface area contributed by atoms with Crippen molar-refractivity contribution in [2.24, 2.45) is 7.05 Å². The molecule has 0 aromatic carbocycles. The number of nitrogens with one attached hydrogen (secondary N) is 6. The number of nitrogens with zero attached hydrogens (tertiary/aromatic N) is 29. The zero-order valence-corrected chi connectivity index (χ0v) is 75.9. The number of hydrogen-bond donors (Lipinski definition) is 8. The molecule has 0 bridgehead atoms. The Hall–Kier alpha value is -14.2. The maximum atomic E-state index is 13.8. The standard InChI is InChI=1S/C30H35N9O2.C11H19N5O2.C11H18N4O2.C10H13N5O2.C8H10N4O2S.C6H11N5.C5H5N5/c1-4-21-22(9-10-31-27(21)38-13-12-37-24-8-6-5-7-19(24)16-25(37)29(38)41)20-15-23(28(40)36(3)17-20)32-30-33-26-18-35(2)11-14-39(26)34-30;1-11(2,3)18-10(17)13-9-12-8-7-15(4)5-6-16(8)14-9;1-11(2,3)17-10(16)13-9-12-8-6-4-5-7-15(8)14-9;1-10(2,3)17-9(16)13-8-12-7-6-11-4-5-15(7)14-8;1-2-14-8(13)12-7(15)11-6-5-9-3-4-10-6;1-10-2-3-11-5(4-10)8-6(7)9-11;6-5-8-4-3-7-1-2-10(4)9-5/h9-10,15-17H,4-8,11-14,18H2,1-3H3,(H,32,34);5-7H2,1-4H3,(H,13,14,17);4-7H2,1-3H3,(H,13,14,16);4-6H,1-3H3,(H,13,14,16);3-5H,2H2,1H3,(H2,10,11,12,13,15);2-4H2,1H3,(H2,7,9);1-3H,(H2,6,9). The smallest absolute Gasteiger partial charge is 0.414 e. The van der Waals surface area contributed by atoms with Crippen molar-refractivity contribution in [2.75, 3.05) is 96.9 Å². The number of nitrogen functional groups attached to an aromatic ring is 2. The molecule has 1 aliphatic carbocycles. The van der Waals surface area contributed by atoms with Crippen LogP contribution in [0.15, 0.2) is 91.2 Å². The maximum absolute atomic E-state index is 13.8. The number of rotatable bonds is 10. The van der Waals surface area contributed by atoms with Crippen LogP contribution >= 0.6 is 12.2 Å². The Kier molecular flexibility index (Phi) is 30.6. The SMILES string of the molecule is CC(C)(C)OC(=O)Nc1nc2cnccn2n1.CC(C)(C)OC(=O)Nc1nc2n(n1)CCCC2.CCOC(=O)NC(=S)Nc1cnccn1.CCc1c(-c2cc(Nc3nc4n(n3)CCN(C)C4)c(=O)n(C)c2)ccnc1N1CCn2c(cc3c2CCCC3)C1=O.CN1CCn2nc(N)nc2C1.CN1CCn2nc(NC(=O)OC(C)(C)C)nc2C1.Nc1nc2cnccn2n1. The van der Waals surface area contributed by atoms with Crippen LogP contribution in [0.25, 0.3) is 22.4 Å². The number of amides is 5. The third-order valence-electron chi connectivity index (χ3n) is 19.6. The van der Waals surface area contributed by atoms with Crippen molar-refractivity contribution in [3.63, 3.8) is 0 Å². The zero-order chi connectivity index (χ0) is 92.4. The van der Waals surface area contributed by atoms with E-state index in [4.69, 9.17) is 42.9 Å². The van der Waals surface area contributed by atoms with Gasteiger partial charge in [0.25, 0.3) is 29.3 Å². The summed E-state index contributed by atoms with van der Waals surface area (Å²) < 4.78 is 34.3. The topological polar surface area (TPSA) is 534 Å². The van der Waals surface area contributed by atoms with Gasteiger partial charge < -0.3 is 50.2 Å². The van der Waals surface area contributed by atoms with Crippen molar-refractivity contribution in [1.29, 1.82) is 0 Å². The molecule has 0 saturated carbocycles. The van der Waals surface area contributed by atoms with Gasteiger partial charge in [-0.25, -0.2) is 56.9 Å². The number of hydrogen-bond acceptors (Lipinski definition) is 34. The summed E-state index contributed by atoms with van der Waals surface area (Å²) in [4.78, 5) is 126. The highest BCUT2D eigenvalue weighted by Crippen LogP contribution is 2.35. The summed E-state index contributed by atoms with van der Waals surface area (Å²) in [5.74, 6) is 6.68. The lowest BCUT2D eigenvalue weighted by Gasteiger charge is -2.31. The second kappa shape index (κ2) is 42.0. The van der Waals surface area contributed by atoms with Crippen LogP contribution in [0.1, 0.15) is 152 Å². The largest absolute Gasteiger partial charge is 0.450 e. The average Bonchev–Trinajstić information content (AvgIpc) is 1.70. The van der Waals surface area contributed by atoms with Gasteiger partial charge in [0.2, 0.25) is 17.8 Å². The van der Waals surface area contributed by atoms with Crippen LogP contribution in [-0.4, -0.2) is 243 Å². The highest BCUT2D eigenvalue weighted by molar-refractivity contribution is 7.80. The van der Waals surface area contributed by atoms with Gasteiger partial charge in [-0.15, -0.1) is 30.6 Å². The molecular weight excluding hydrogens is 1680 g/mol. The Morgan fingerprint density at radius 2 is 1.04 bits per heavy atom. The minimum absolute atomic E-state index is 0.00767. The number of aromatic nitrogens is 25. The molecule has 0 radical (unpaired) electrons. The first kappa shape index (κ1) is 94.0. The molecule has 0 unspecified atom stereocenters. The molecule has 12 aromatic heterocycles. The van der Waals surface area contributed by atoms with Gasteiger partial charge in [-0.05, 0) is 177 Å². The fourth-order valence-electron chi connectivity index (χ4n) is 14.0. The summed E-state index contributed by atoms with van der Waals surface area (Å²) in [5.41, 5.74) is 16.9. The Labute approximate surface area is 747 Å². The van der Waals surface area contributed by atoms with Gasteiger partial charge in [0, 0.05) is 119 Å². The van der Waals surface area contributed by atoms with E-state index in [0.29, 0.717) is 72.0 Å². The molecule has 47 nitrogen and oxygen atoms in total. The molecule has 0 saturated heterocycles. The van der Waals surface area contributed by atoms with Gasteiger partial charge in [0.15, 0.2) is 22.2 Å². The van der Waals surface area contributed by atoms with Crippen LogP contribution in [0.5, 0.6) is 0 Å². The first-order chi connectivity index (χ1) is 61.4. The van der Waals surface area contributed by atoms with E-state index < -0.39 is 41.2 Å². The van der Waals surface area contributed by atoms with Crippen molar-refractivity contribution in [3.05, 3.63) is 143 Å². The second-order valence-electron chi connectivity index (χ2n) is 33.5. The van der Waals surface area contributed by atoms with E-state index >= 15 is 0 Å². The van der Waals surface area contributed by atoms with Crippen molar-refractivity contribution in [1.82, 2.24) is 142 Å². The molecule has 48 heteroatoms. The minimum Gasteiger partial charge on any atom is -0.450 e. The fourth-order valence-corrected chi connectivity index (χ4v) is 14.2. The molecular formula is C81H111N37O10S. The summed E-state index contributed by atoms with van der Waals surface area (Å²) in [7, 11) is 7.89. The monoisotopic (exact) mass is 1790 g/mol. The molecule has 129 heavy (non-hydrogen) atoms. The van der Waals surface area contributed by atoms with Crippen LogP contribution in [0.2, 0.25) is 0 Å². The van der Waals surface area contributed by atoms with E-state index in [0.717, 1.165) is 150 Å². The number of thiocarbonyl (C=S) groups is 1. The van der Waals surface area contributed by atoms with Crippen LogP contribution < -0.4 is 53.8 Å². The van der Waals surface area contributed by atoms with Gasteiger partial charge in [-0.1, -0.05) is 6.92 Å². The molecule has 5 aliphatic heterocycles. The average molecular weight is 1800 g/mol. The number of fused-ring (bicyclic) bond motifs is 9. The number of ether oxygens (including phenoxy) is 4. The minimum atomic E-state index is -0.598. The van der Waals surface area contributed by atoms with E-state index in [9.17, 15) is 28.8 Å². The highest BCUT2D eigenvalue weighted by atomic mass is 32.1. The van der Waals surface area contributed by atoms with Gasteiger partial charge in [-0.3, -0.25) is 65.4 Å². The summed E-state index contributed by atoms with van der Waals surface area (Å²) in [6.45, 7) is 30.2. The van der Waals surface area contributed by atoms with E-state index in [1.165, 1.54) is 47.2 Å². The van der Waals surface area contributed by atoms with Crippen molar-refractivity contribution in [2.45, 2.75) is 197 Å². The first-order valence-corrected chi connectivity index (χ1v) is 42.5. The van der Waals surface area contributed by atoms with E-state index in [2.05, 4.69) is 163 Å². The third kappa shape index (κ3) is 26.5. The summed E-state index contributed by atoms with van der Waals surface area (Å²) in [5, 5.41) is 40.8. The zero-order valence-electron chi connectivity index (χ0n) is 75.0. The molecule has 17 heterocycles. The lowest BCUT2D eigenvalue weighted by molar-refractivity contribution is 0.0623. The number of carbonyl (C=O) groups is 5. The Balaban J connectivity index is 0.000000146. The summed E-state index contributed by atoms with van der Waals surface area (Å²) in [6.07, 6.45) is 23.9. The maximum Gasteiger partial charge on any atom is 0.414 e. The summed E-state index contributed by atoms with van der Waals surface area (Å²) in [6, 6.07) is 5.92. The second-order valence-corrected chi connectivity index (χ2v) is 33.9. The van der Waals surface area contributed by atoms with Gasteiger partial charge >= 0.3 is 24.4 Å². The van der Waals surface area contributed by atoms with Crippen LogP contribution in [-0.2, 0) is 104 Å². The van der Waals surface area contributed by atoms with Crippen LogP contribution in [0, 0.1) is 0 Å². The van der Waals surface area contributed by atoms with Crippen LogP contribution in [0.3, 0.4) is 0 Å². The lowest BCUT2D eigenvalue weighted by Crippen LogP contribution is -2.41. The highest BCUT2D eigenvalue weighted by Gasteiger charge is 2.34. The number of anilines is 9. The van der Waals surface area contributed by atoms with E-state index in [-0.39, 0.29) is 28.5 Å². The predicted molar refractivity (Wildman–Crippen MR) is 481 cm³/mol. The number of pyridine rings is 2. The van der Waals surface area contributed by atoms with E-state index in [1.54, 1.807) is 87.2 Å². The summed E-state index contributed by atoms with van der Waals surface area (Å²) >= 11 is 4.84. The number of aryl methyl sites for hydroxylation is 4. The predicted octanol–water partition coefficient (Wildman–Crippen LogP) is 7.57. The van der Waals surface area contributed by atoms with Gasteiger partial charge in [-0.2, -0.15) is 29.9 Å². The van der Waals surface area contributed by atoms with Crippen molar-refractivity contribution < 1.29 is 42.9 Å². The fraction of sp³-hybridized carbons (Fsp3) is 0.481. The van der Waals surface area contributed by atoms with Crippen molar-refractivity contribution in [3.8, 4) is 11.1 Å². The molecule has 5 amide bonds. The normalized spacial score (nSPS) is 14.6. The molecule has 6 aliphatic rings. The molecule has 0 spiro atoms. The van der Waals surface area contributed by atoms with Gasteiger partial charge in [0.1, 0.15) is 57.3 Å². The third-order valence-corrected chi connectivity index (χ3v) is 19.8. The Morgan fingerprint density at radius 3 is 1.60 bits per heavy atom. The van der Waals surface area contributed by atoms with Crippen LogP contribution in [0.4, 0.5) is 72.2 Å². The number of nitrogens with two attached hydrogens (primary N) is 2. The molecule has 686 valence electrons. The molecule has 10 N–H and O–H groups in total. The quantitative estimate of drug-likeness (QED) is 0.0483. The number of alkyl carbamates (subject to hydrolysis) is 1. The lowest BCUT2D eigenvalue weighted by atomic mass is 9.98. The van der Waals surface area contributed by atoms with Gasteiger partial charge in [0.05, 0.1) is 64.5 Å². The number of likely N-dealkylation sites (N-methyl/N-ethyl adjacent to an activating group) is 3. The Morgan fingerprint density at radius 1 is 0.512 bits per heavy atom. The van der Waals surface area contributed by atoms with E-state index in [1.807, 2.05) is 90.5 Å². The first-order valence-electron chi connectivity index (χ1n) is 42.1. The van der Waals surface area contributed by atoms with Crippen molar-refractivity contribution >= 4 is 112 Å². The molecule has 0 atom stereocenters. The Bertz CT molecular complexity index is 5880. The molecule has 12 aromatic rings. The number of carbonyl (C=O) groups excluding carboxylic acids is 5.